The molecule has 5 heteroatoms. The highest BCUT2D eigenvalue weighted by Crippen LogP contribution is 2.29. The highest BCUT2D eigenvalue weighted by atomic mass is 16.5. The molecular formula is C16H21NO4. The van der Waals surface area contributed by atoms with E-state index in [1.165, 1.54) is 0 Å². The predicted molar refractivity (Wildman–Crippen MR) is 78.1 cm³/mol. The summed E-state index contributed by atoms with van der Waals surface area (Å²) in [5.41, 5.74) is -0.825. The minimum atomic E-state index is -0.833. The van der Waals surface area contributed by atoms with Crippen molar-refractivity contribution in [2.45, 2.75) is 26.2 Å². The van der Waals surface area contributed by atoms with Gasteiger partial charge in [0.25, 0.3) is 0 Å². The number of carboxylic acid groups (broad SMARTS) is 1. The molecule has 0 spiro atoms. The first-order valence-corrected chi connectivity index (χ1v) is 7.20. The Morgan fingerprint density at radius 1 is 1.33 bits per heavy atom. The summed E-state index contributed by atoms with van der Waals surface area (Å²) in [4.78, 5) is 25.1. The highest BCUT2D eigenvalue weighted by Gasteiger charge is 2.39. The minimum Gasteiger partial charge on any atom is -0.493 e. The lowest BCUT2D eigenvalue weighted by Crippen LogP contribution is -2.48. The second-order valence-electron chi connectivity index (χ2n) is 5.70. The number of ether oxygens (including phenoxy) is 1. The van der Waals surface area contributed by atoms with Crippen LogP contribution in [0.4, 0.5) is 0 Å². The van der Waals surface area contributed by atoms with E-state index in [-0.39, 0.29) is 18.9 Å². The molecule has 0 radical (unpaired) electrons. The molecule has 1 N–H and O–H groups in total. The Hall–Kier alpha value is -2.04. The molecule has 1 unspecified atom stereocenters. The van der Waals surface area contributed by atoms with Crippen LogP contribution in [0.25, 0.3) is 0 Å². The quantitative estimate of drug-likeness (QED) is 0.903. The molecule has 114 valence electrons. The number of amides is 1. The summed E-state index contributed by atoms with van der Waals surface area (Å²) in [5, 5.41) is 9.26. The number of hydrogen-bond acceptors (Lipinski definition) is 3. The van der Waals surface area contributed by atoms with E-state index in [0.29, 0.717) is 19.6 Å². The van der Waals surface area contributed by atoms with Crippen molar-refractivity contribution >= 4 is 11.9 Å². The first-order chi connectivity index (χ1) is 10.0. The number of para-hydroxylation sites is 1. The van der Waals surface area contributed by atoms with Crippen LogP contribution in [-0.4, -0.2) is 41.6 Å². The second kappa shape index (κ2) is 6.61. The van der Waals surface area contributed by atoms with Crippen LogP contribution in [0, 0.1) is 5.41 Å². The third kappa shape index (κ3) is 3.97. The molecule has 0 bridgehead atoms. The summed E-state index contributed by atoms with van der Waals surface area (Å²) < 4.78 is 5.50. The van der Waals surface area contributed by atoms with Gasteiger partial charge in [0.2, 0.25) is 5.91 Å². The third-order valence-electron chi connectivity index (χ3n) is 3.89. The summed E-state index contributed by atoms with van der Waals surface area (Å²) in [7, 11) is 0. The Bertz CT molecular complexity index is 502. The molecule has 5 nitrogen and oxygen atoms in total. The number of benzene rings is 1. The van der Waals surface area contributed by atoms with Crippen LogP contribution >= 0.6 is 0 Å². The molecule has 1 aromatic carbocycles. The Balaban J connectivity index is 1.82. The van der Waals surface area contributed by atoms with E-state index in [4.69, 9.17) is 4.74 Å². The minimum absolute atomic E-state index is 0.0434. The molecule has 1 saturated heterocycles. The molecular weight excluding hydrogens is 270 g/mol. The van der Waals surface area contributed by atoms with Crippen LogP contribution in [0.1, 0.15) is 26.2 Å². The van der Waals surface area contributed by atoms with Crippen LogP contribution in [-0.2, 0) is 9.59 Å². The summed E-state index contributed by atoms with van der Waals surface area (Å²) in [6.45, 7) is 2.93. The molecule has 1 aliphatic rings. The Morgan fingerprint density at radius 2 is 2.05 bits per heavy atom. The van der Waals surface area contributed by atoms with E-state index in [0.717, 1.165) is 12.2 Å². The normalized spacial score (nSPS) is 21.9. The number of carboxylic acids is 1. The van der Waals surface area contributed by atoms with Crippen LogP contribution in [0.3, 0.4) is 0 Å². The first kappa shape index (κ1) is 15.4. The molecule has 1 amide bonds. The molecule has 0 saturated carbocycles. The Labute approximate surface area is 124 Å². The van der Waals surface area contributed by atoms with Gasteiger partial charge in [-0.25, -0.2) is 0 Å². The topological polar surface area (TPSA) is 66.8 Å². The van der Waals surface area contributed by atoms with Crippen LogP contribution in [0.2, 0.25) is 0 Å². The van der Waals surface area contributed by atoms with Gasteiger partial charge in [0.1, 0.15) is 5.75 Å². The van der Waals surface area contributed by atoms with Crippen molar-refractivity contribution in [3.63, 3.8) is 0 Å². The molecule has 1 fully saturated rings. The SMILES string of the molecule is CC1(C(=O)O)CCCN(C(=O)CCOc2ccccc2)C1. The maximum atomic E-state index is 12.2. The molecule has 2 rings (SSSR count). The number of carbonyl (C=O) groups excluding carboxylic acids is 1. The highest BCUT2D eigenvalue weighted by molar-refractivity contribution is 5.79. The molecule has 1 aliphatic heterocycles. The Kier molecular flexibility index (Phi) is 4.83. The second-order valence-corrected chi connectivity index (χ2v) is 5.70. The van der Waals surface area contributed by atoms with Gasteiger partial charge in [0.05, 0.1) is 18.4 Å². The van der Waals surface area contributed by atoms with Crippen molar-refractivity contribution in [2.24, 2.45) is 5.41 Å². The van der Waals surface area contributed by atoms with Crippen molar-refractivity contribution in [1.29, 1.82) is 0 Å². The van der Waals surface area contributed by atoms with Crippen molar-refractivity contribution in [3.05, 3.63) is 30.3 Å². The van der Waals surface area contributed by atoms with Gasteiger partial charge < -0.3 is 14.7 Å². The number of nitrogens with zero attached hydrogens (tertiary/aromatic N) is 1. The lowest BCUT2D eigenvalue weighted by molar-refractivity contribution is -0.153. The van der Waals surface area contributed by atoms with Gasteiger partial charge in [-0.05, 0) is 31.9 Å². The molecule has 1 atom stereocenters. The van der Waals surface area contributed by atoms with Gasteiger partial charge >= 0.3 is 5.97 Å². The average Bonchev–Trinajstić information content (AvgIpc) is 2.48. The molecule has 21 heavy (non-hydrogen) atoms. The molecule has 0 aromatic heterocycles. The summed E-state index contributed by atoms with van der Waals surface area (Å²) in [6, 6.07) is 9.33. The van der Waals surface area contributed by atoms with Crippen molar-refractivity contribution in [2.75, 3.05) is 19.7 Å². The van der Waals surface area contributed by atoms with Gasteiger partial charge in [-0.1, -0.05) is 18.2 Å². The summed E-state index contributed by atoms with van der Waals surface area (Å²) in [5.74, 6) is -0.141. The van der Waals surface area contributed by atoms with E-state index in [1.54, 1.807) is 11.8 Å². The lowest BCUT2D eigenvalue weighted by atomic mass is 9.82. The van der Waals surface area contributed by atoms with Crippen LogP contribution in [0.5, 0.6) is 5.75 Å². The number of aliphatic carboxylic acids is 1. The number of piperidine rings is 1. The van der Waals surface area contributed by atoms with Gasteiger partial charge in [-0.3, -0.25) is 9.59 Å². The van der Waals surface area contributed by atoms with Crippen LogP contribution in [0.15, 0.2) is 30.3 Å². The van der Waals surface area contributed by atoms with E-state index >= 15 is 0 Å². The number of hydrogen-bond donors (Lipinski definition) is 1. The number of rotatable bonds is 5. The number of likely N-dealkylation sites (tertiary alicyclic amines) is 1. The zero-order valence-electron chi connectivity index (χ0n) is 12.2. The summed E-state index contributed by atoms with van der Waals surface area (Å²) >= 11 is 0. The van der Waals surface area contributed by atoms with Crippen molar-refractivity contribution in [3.8, 4) is 5.75 Å². The van der Waals surface area contributed by atoms with E-state index in [9.17, 15) is 14.7 Å². The Morgan fingerprint density at radius 3 is 2.71 bits per heavy atom. The first-order valence-electron chi connectivity index (χ1n) is 7.20. The zero-order valence-corrected chi connectivity index (χ0v) is 12.2. The lowest BCUT2D eigenvalue weighted by Gasteiger charge is -2.37. The predicted octanol–water partition coefficient (Wildman–Crippen LogP) is 2.17. The monoisotopic (exact) mass is 291 g/mol. The van der Waals surface area contributed by atoms with Gasteiger partial charge in [0.15, 0.2) is 0 Å². The maximum absolute atomic E-state index is 12.2. The van der Waals surface area contributed by atoms with E-state index in [2.05, 4.69) is 0 Å². The fourth-order valence-corrected chi connectivity index (χ4v) is 2.56. The molecule has 1 heterocycles. The fourth-order valence-electron chi connectivity index (χ4n) is 2.56. The number of carbonyl (C=O) groups is 2. The van der Waals surface area contributed by atoms with Gasteiger partial charge in [-0.2, -0.15) is 0 Å². The third-order valence-corrected chi connectivity index (χ3v) is 3.89. The fraction of sp³-hybridized carbons (Fsp3) is 0.500. The zero-order chi connectivity index (χ0) is 15.3. The average molecular weight is 291 g/mol. The van der Waals surface area contributed by atoms with Crippen molar-refractivity contribution < 1.29 is 19.4 Å². The van der Waals surface area contributed by atoms with E-state index in [1.807, 2.05) is 30.3 Å². The maximum Gasteiger partial charge on any atom is 0.311 e. The molecule has 0 aliphatic carbocycles. The van der Waals surface area contributed by atoms with Gasteiger partial charge in [-0.15, -0.1) is 0 Å². The standard InChI is InChI=1S/C16H21NO4/c1-16(15(19)20)9-5-10-17(12-16)14(18)8-11-21-13-6-3-2-4-7-13/h2-4,6-7H,5,8-12H2,1H3,(H,19,20). The summed E-state index contributed by atoms with van der Waals surface area (Å²) in [6.07, 6.45) is 1.62. The van der Waals surface area contributed by atoms with Crippen molar-refractivity contribution in [1.82, 2.24) is 4.90 Å². The van der Waals surface area contributed by atoms with Gasteiger partial charge in [0, 0.05) is 13.1 Å². The van der Waals surface area contributed by atoms with Crippen LogP contribution < -0.4 is 4.74 Å². The van der Waals surface area contributed by atoms with E-state index < -0.39 is 11.4 Å². The smallest absolute Gasteiger partial charge is 0.311 e. The largest absolute Gasteiger partial charge is 0.493 e. The molecule has 1 aromatic rings.